The largest absolute Gasteiger partial charge is 0.315 e. The Bertz CT molecular complexity index is 246. The van der Waals surface area contributed by atoms with E-state index in [-0.39, 0.29) is 6.04 Å². The molecule has 0 aromatic rings. The minimum atomic E-state index is -3.52. The molecule has 3 N–H and O–H groups in total. The predicted octanol–water partition coefficient (Wildman–Crippen LogP) is -0.736. The molecule has 6 heteroatoms. The molecule has 1 heterocycles. The first-order chi connectivity index (χ1) is 6.05. The van der Waals surface area contributed by atoms with Gasteiger partial charge in [-0.1, -0.05) is 6.92 Å². The molecule has 5 nitrogen and oxygen atoms in total. The normalized spacial score (nSPS) is 25.0. The summed E-state index contributed by atoms with van der Waals surface area (Å²) in [6, 6.07) is 0.0359. The molecule has 0 aromatic carbocycles. The molecule has 0 saturated carbocycles. The molecule has 13 heavy (non-hydrogen) atoms. The van der Waals surface area contributed by atoms with Gasteiger partial charge in [-0.2, -0.15) is 12.7 Å². The quantitative estimate of drug-likeness (QED) is 0.640. The van der Waals surface area contributed by atoms with E-state index in [1.165, 1.54) is 4.31 Å². The molecule has 1 atom stereocenters. The number of rotatable bonds is 3. The van der Waals surface area contributed by atoms with E-state index >= 15 is 0 Å². The van der Waals surface area contributed by atoms with Crippen LogP contribution in [-0.2, 0) is 10.2 Å². The van der Waals surface area contributed by atoms with Crippen molar-refractivity contribution in [3.8, 4) is 0 Å². The number of nitrogens with zero attached hydrogens (tertiary/aromatic N) is 1. The summed E-state index contributed by atoms with van der Waals surface area (Å²) in [5, 5.41) is 8.25. The van der Waals surface area contributed by atoms with Crippen molar-refractivity contribution in [3.05, 3.63) is 0 Å². The van der Waals surface area contributed by atoms with Gasteiger partial charge in [0, 0.05) is 19.1 Å². The monoisotopic (exact) mass is 207 g/mol. The highest BCUT2D eigenvalue weighted by Crippen LogP contribution is 2.11. The highest BCUT2D eigenvalue weighted by molar-refractivity contribution is 7.86. The van der Waals surface area contributed by atoms with Gasteiger partial charge >= 0.3 is 0 Å². The molecule has 0 spiro atoms. The standard InChI is InChI=1S/C7H17N3O2S/c1-2-10(13(8,11)12)7-4-3-5-9-6-7/h7,9H,2-6H2,1H3,(H2,8,11,12). The smallest absolute Gasteiger partial charge is 0.277 e. The third kappa shape index (κ3) is 2.91. The van der Waals surface area contributed by atoms with Crippen LogP contribution in [0.3, 0.4) is 0 Å². The van der Waals surface area contributed by atoms with Crippen molar-refractivity contribution in [2.45, 2.75) is 25.8 Å². The molecule has 1 rings (SSSR count). The fourth-order valence-electron chi connectivity index (χ4n) is 1.73. The lowest BCUT2D eigenvalue weighted by atomic mass is 10.1. The topological polar surface area (TPSA) is 75.4 Å². The molecule has 1 unspecified atom stereocenters. The molecule has 0 aromatic heterocycles. The van der Waals surface area contributed by atoms with Crippen LogP contribution in [-0.4, -0.2) is 38.4 Å². The molecule has 1 fully saturated rings. The summed E-state index contributed by atoms with van der Waals surface area (Å²) >= 11 is 0. The lowest BCUT2D eigenvalue weighted by Crippen LogP contribution is -2.50. The number of hydrogen-bond donors (Lipinski definition) is 2. The summed E-state index contributed by atoms with van der Waals surface area (Å²) in [6.07, 6.45) is 1.91. The van der Waals surface area contributed by atoms with Gasteiger partial charge in [0.15, 0.2) is 0 Å². The van der Waals surface area contributed by atoms with Crippen LogP contribution in [0.2, 0.25) is 0 Å². The average Bonchev–Trinajstić information content (AvgIpc) is 2.05. The van der Waals surface area contributed by atoms with Gasteiger partial charge in [0.25, 0.3) is 10.2 Å². The van der Waals surface area contributed by atoms with Crippen molar-refractivity contribution in [2.75, 3.05) is 19.6 Å². The van der Waals surface area contributed by atoms with Crippen molar-refractivity contribution in [2.24, 2.45) is 5.14 Å². The molecule has 0 amide bonds. The number of nitrogens with one attached hydrogen (secondary N) is 1. The molecular formula is C7H17N3O2S. The van der Waals surface area contributed by atoms with Crippen LogP contribution in [0.5, 0.6) is 0 Å². The van der Waals surface area contributed by atoms with Gasteiger partial charge in [0.2, 0.25) is 0 Å². The van der Waals surface area contributed by atoms with E-state index < -0.39 is 10.2 Å². The predicted molar refractivity (Wildman–Crippen MR) is 51.4 cm³/mol. The van der Waals surface area contributed by atoms with E-state index in [1.807, 2.05) is 0 Å². The molecule has 1 saturated heterocycles. The lowest BCUT2D eigenvalue weighted by molar-refractivity contribution is 0.274. The maximum absolute atomic E-state index is 11.1. The Labute approximate surface area is 79.5 Å². The highest BCUT2D eigenvalue weighted by Gasteiger charge is 2.26. The van der Waals surface area contributed by atoms with Crippen molar-refractivity contribution in [3.63, 3.8) is 0 Å². The van der Waals surface area contributed by atoms with Crippen molar-refractivity contribution < 1.29 is 8.42 Å². The second-order valence-corrected chi connectivity index (χ2v) is 4.75. The van der Waals surface area contributed by atoms with Crippen LogP contribution in [0.4, 0.5) is 0 Å². The van der Waals surface area contributed by atoms with Gasteiger partial charge in [0.05, 0.1) is 0 Å². The van der Waals surface area contributed by atoms with E-state index in [1.54, 1.807) is 6.92 Å². The Morgan fingerprint density at radius 1 is 1.62 bits per heavy atom. The first kappa shape index (κ1) is 10.9. The summed E-state index contributed by atoms with van der Waals surface area (Å²) in [5.41, 5.74) is 0. The number of nitrogens with two attached hydrogens (primary N) is 1. The summed E-state index contributed by atoms with van der Waals surface area (Å²) in [7, 11) is -3.52. The molecule has 0 aliphatic carbocycles. The Morgan fingerprint density at radius 2 is 2.31 bits per heavy atom. The number of hydrogen-bond acceptors (Lipinski definition) is 3. The number of piperidine rings is 1. The molecule has 78 valence electrons. The fourth-order valence-corrected chi connectivity index (χ4v) is 2.68. The molecule has 1 aliphatic rings. The minimum Gasteiger partial charge on any atom is -0.315 e. The van der Waals surface area contributed by atoms with Crippen LogP contribution in [0.15, 0.2) is 0 Å². The average molecular weight is 207 g/mol. The van der Waals surface area contributed by atoms with Gasteiger partial charge < -0.3 is 5.32 Å². The maximum atomic E-state index is 11.1. The van der Waals surface area contributed by atoms with Crippen LogP contribution < -0.4 is 10.5 Å². The Hall–Kier alpha value is -0.170. The van der Waals surface area contributed by atoms with Crippen LogP contribution in [0.1, 0.15) is 19.8 Å². The van der Waals surface area contributed by atoms with Crippen molar-refractivity contribution in [1.29, 1.82) is 0 Å². The summed E-state index contributed by atoms with van der Waals surface area (Å²) < 4.78 is 23.6. The number of likely N-dealkylation sites (N-methyl/N-ethyl adjacent to an activating group) is 1. The van der Waals surface area contributed by atoms with Crippen LogP contribution in [0.25, 0.3) is 0 Å². The zero-order valence-corrected chi connectivity index (χ0v) is 8.68. The summed E-state index contributed by atoms with van der Waals surface area (Å²) in [6.45, 7) is 3.94. The Kier molecular flexibility index (Phi) is 3.66. The lowest BCUT2D eigenvalue weighted by Gasteiger charge is -2.31. The van der Waals surface area contributed by atoms with Gasteiger partial charge in [-0.15, -0.1) is 0 Å². The van der Waals surface area contributed by atoms with Gasteiger partial charge in [-0.3, -0.25) is 0 Å². The Balaban J connectivity index is 2.65. The third-order valence-corrected chi connectivity index (χ3v) is 3.53. The van der Waals surface area contributed by atoms with Crippen LogP contribution in [0, 0.1) is 0 Å². The van der Waals surface area contributed by atoms with Gasteiger partial charge in [-0.25, -0.2) is 5.14 Å². The van der Waals surface area contributed by atoms with Crippen molar-refractivity contribution >= 4 is 10.2 Å². The molecule has 0 bridgehead atoms. The molecular weight excluding hydrogens is 190 g/mol. The first-order valence-corrected chi connectivity index (χ1v) is 6.06. The van der Waals surface area contributed by atoms with E-state index in [9.17, 15) is 8.42 Å². The second-order valence-electron chi connectivity index (χ2n) is 3.25. The SMILES string of the molecule is CCN(C1CCCNC1)S(N)(=O)=O. The first-order valence-electron chi connectivity index (χ1n) is 4.56. The van der Waals surface area contributed by atoms with Crippen molar-refractivity contribution in [1.82, 2.24) is 9.62 Å². The second kappa shape index (κ2) is 4.36. The fraction of sp³-hybridized carbons (Fsp3) is 1.00. The highest BCUT2D eigenvalue weighted by atomic mass is 32.2. The summed E-state index contributed by atoms with van der Waals surface area (Å²) in [5.74, 6) is 0. The van der Waals surface area contributed by atoms with E-state index in [2.05, 4.69) is 5.32 Å². The van der Waals surface area contributed by atoms with Crippen LogP contribution >= 0.6 is 0 Å². The zero-order valence-electron chi connectivity index (χ0n) is 7.86. The van der Waals surface area contributed by atoms with E-state index in [0.717, 1.165) is 19.4 Å². The molecule has 1 aliphatic heterocycles. The van der Waals surface area contributed by atoms with Gasteiger partial charge in [-0.05, 0) is 19.4 Å². The van der Waals surface area contributed by atoms with Gasteiger partial charge in [0.1, 0.15) is 0 Å². The minimum absolute atomic E-state index is 0.0359. The molecule has 0 radical (unpaired) electrons. The van der Waals surface area contributed by atoms with E-state index in [4.69, 9.17) is 5.14 Å². The van der Waals surface area contributed by atoms with E-state index in [0.29, 0.717) is 13.1 Å². The summed E-state index contributed by atoms with van der Waals surface area (Å²) in [4.78, 5) is 0. The Morgan fingerprint density at radius 3 is 2.69 bits per heavy atom. The third-order valence-electron chi connectivity index (χ3n) is 2.32. The maximum Gasteiger partial charge on any atom is 0.277 e. The zero-order chi connectivity index (χ0) is 9.90.